The zero-order valence-electron chi connectivity index (χ0n) is 7.62. The van der Waals surface area contributed by atoms with Crippen molar-refractivity contribution >= 4 is 39.0 Å². The molecule has 2 rings (SSSR count). The molecule has 0 amide bonds. The summed E-state index contributed by atoms with van der Waals surface area (Å²) in [6.07, 6.45) is 3.14. The Bertz CT molecular complexity index is 360. The smallest absolute Gasteiger partial charge is 0.107 e. The first kappa shape index (κ1) is 10.5. The zero-order chi connectivity index (χ0) is 10.0. The maximum absolute atomic E-state index is 9.21. The normalized spacial score (nSPS) is 26.3. The molecule has 1 atom stereocenters. The number of nitrogens with zero attached hydrogens (tertiary/aromatic N) is 1. The van der Waals surface area contributed by atoms with Crippen LogP contribution in [-0.2, 0) is 6.42 Å². The summed E-state index contributed by atoms with van der Waals surface area (Å²) in [5.41, 5.74) is 0. The van der Waals surface area contributed by atoms with Crippen molar-refractivity contribution in [2.45, 2.75) is 24.0 Å². The van der Waals surface area contributed by atoms with Crippen molar-refractivity contribution in [3.05, 3.63) is 20.8 Å². The fourth-order valence-electron chi connectivity index (χ4n) is 1.69. The predicted octanol–water partition coefficient (Wildman–Crippen LogP) is 3.84. The van der Waals surface area contributed by atoms with Gasteiger partial charge in [0.1, 0.15) is 4.75 Å². The average Bonchev–Trinajstić information content (AvgIpc) is 2.77. The van der Waals surface area contributed by atoms with Gasteiger partial charge < -0.3 is 0 Å². The van der Waals surface area contributed by atoms with Gasteiger partial charge in [0.25, 0.3) is 0 Å². The van der Waals surface area contributed by atoms with Crippen LogP contribution in [0.25, 0.3) is 0 Å². The van der Waals surface area contributed by atoms with Crippen molar-refractivity contribution in [1.29, 1.82) is 5.26 Å². The fourth-order valence-corrected chi connectivity index (χ4v) is 4.67. The Hall–Kier alpha value is 0.0200. The molecule has 74 valence electrons. The lowest BCUT2D eigenvalue weighted by Crippen LogP contribution is -2.20. The summed E-state index contributed by atoms with van der Waals surface area (Å²) < 4.78 is 1.02. The van der Waals surface area contributed by atoms with Gasteiger partial charge in [0, 0.05) is 11.3 Å². The van der Waals surface area contributed by atoms with E-state index in [-0.39, 0.29) is 4.75 Å². The van der Waals surface area contributed by atoms with E-state index in [1.807, 2.05) is 11.8 Å². The van der Waals surface area contributed by atoms with Gasteiger partial charge in [-0.3, -0.25) is 0 Å². The van der Waals surface area contributed by atoms with E-state index in [1.165, 1.54) is 11.3 Å². The summed E-state index contributed by atoms with van der Waals surface area (Å²) in [6, 6.07) is 6.67. The second-order valence-electron chi connectivity index (χ2n) is 3.44. The molecule has 0 bridgehead atoms. The Kier molecular flexibility index (Phi) is 3.20. The number of nitriles is 1. The minimum Gasteiger partial charge on any atom is -0.197 e. The molecule has 1 aliphatic rings. The number of thioether (sulfide) groups is 1. The number of hydrogen-bond acceptors (Lipinski definition) is 3. The molecule has 1 saturated heterocycles. The molecule has 1 unspecified atom stereocenters. The molecular formula is C10H10BrNS2. The Morgan fingerprint density at radius 1 is 1.57 bits per heavy atom. The van der Waals surface area contributed by atoms with Gasteiger partial charge in [-0.05, 0) is 46.7 Å². The van der Waals surface area contributed by atoms with Crippen LogP contribution in [0.15, 0.2) is 15.9 Å². The molecule has 4 heteroatoms. The zero-order valence-corrected chi connectivity index (χ0v) is 10.8. The molecule has 1 nitrogen and oxygen atoms in total. The highest BCUT2D eigenvalue weighted by Crippen LogP contribution is 2.41. The minimum absolute atomic E-state index is 0.135. The molecule has 1 fully saturated rings. The highest BCUT2D eigenvalue weighted by molar-refractivity contribution is 9.11. The quantitative estimate of drug-likeness (QED) is 0.825. The maximum atomic E-state index is 9.21. The van der Waals surface area contributed by atoms with E-state index in [0.29, 0.717) is 0 Å². The first-order chi connectivity index (χ1) is 6.74. The van der Waals surface area contributed by atoms with Crippen molar-refractivity contribution in [2.24, 2.45) is 0 Å². The van der Waals surface area contributed by atoms with Gasteiger partial charge in [0.15, 0.2) is 0 Å². The standard InChI is InChI=1S/C10H10BrNS2/c11-9-3-2-8(14-9)6-10(7-12)4-1-5-13-10/h2-3H,1,4-6H2. The predicted molar refractivity (Wildman–Crippen MR) is 65.8 cm³/mol. The lowest BCUT2D eigenvalue weighted by atomic mass is 10.0. The largest absolute Gasteiger partial charge is 0.197 e. The molecule has 1 aliphatic heterocycles. The summed E-state index contributed by atoms with van der Waals surface area (Å²) in [7, 11) is 0. The van der Waals surface area contributed by atoms with Crippen LogP contribution in [0.2, 0.25) is 0 Å². The van der Waals surface area contributed by atoms with Gasteiger partial charge in [-0.1, -0.05) is 0 Å². The van der Waals surface area contributed by atoms with Gasteiger partial charge in [0.05, 0.1) is 9.86 Å². The lowest BCUT2D eigenvalue weighted by Gasteiger charge is -2.17. The van der Waals surface area contributed by atoms with Crippen molar-refractivity contribution < 1.29 is 0 Å². The molecule has 14 heavy (non-hydrogen) atoms. The third kappa shape index (κ3) is 2.16. The van der Waals surface area contributed by atoms with Crippen LogP contribution in [0.3, 0.4) is 0 Å². The molecule has 0 spiro atoms. The SMILES string of the molecule is N#CC1(Cc2ccc(Br)s2)CCCS1. The van der Waals surface area contributed by atoms with Gasteiger partial charge >= 0.3 is 0 Å². The number of halogens is 1. The Morgan fingerprint density at radius 3 is 2.93 bits per heavy atom. The number of hydrogen-bond donors (Lipinski definition) is 0. The average molecular weight is 288 g/mol. The third-order valence-electron chi connectivity index (χ3n) is 2.40. The molecule has 2 heterocycles. The lowest BCUT2D eigenvalue weighted by molar-refractivity contribution is 0.677. The van der Waals surface area contributed by atoms with E-state index < -0.39 is 0 Å². The van der Waals surface area contributed by atoms with E-state index in [0.717, 1.165) is 22.4 Å². The second kappa shape index (κ2) is 4.26. The van der Waals surface area contributed by atoms with Crippen molar-refractivity contribution in [3.8, 4) is 6.07 Å². The number of rotatable bonds is 2. The van der Waals surface area contributed by atoms with E-state index >= 15 is 0 Å². The van der Waals surface area contributed by atoms with E-state index in [1.54, 1.807) is 11.3 Å². The molecule has 0 aliphatic carbocycles. The molecule has 0 N–H and O–H groups in total. The third-order valence-corrected chi connectivity index (χ3v) is 5.50. The van der Waals surface area contributed by atoms with Crippen LogP contribution in [-0.4, -0.2) is 10.5 Å². The molecule has 1 aromatic heterocycles. The first-order valence-corrected chi connectivity index (χ1v) is 7.13. The Balaban J connectivity index is 2.13. The molecule has 0 aromatic carbocycles. The summed E-state index contributed by atoms with van der Waals surface area (Å²) in [4.78, 5) is 1.31. The van der Waals surface area contributed by atoms with Crippen LogP contribution < -0.4 is 0 Å². The Morgan fingerprint density at radius 2 is 2.43 bits per heavy atom. The van der Waals surface area contributed by atoms with Crippen LogP contribution in [0.5, 0.6) is 0 Å². The summed E-state index contributed by atoms with van der Waals surface area (Å²) >= 11 is 7.01. The summed E-state index contributed by atoms with van der Waals surface area (Å²) in [6.45, 7) is 0. The maximum Gasteiger partial charge on any atom is 0.107 e. The molecule has 1 aromatic rings. The minimum atomic E-state index is -0.135. The first-order valence-electron chi connectivity index (χ1n) is 4.53. The molecule has 0 saturated carbocycles. The van der Waals surface area contributed by atoms with Crippen molar-refractivity contribution in [2.75, 3.05) is 5.75 Å². The number of thiophene rings is 1. The van der Waals surface area contributed by atoms with Gasteiger partial charge in [-0.25, -0.2) is 0 Å². The highest BCUT2D eigenvalue weighted by atomic mass is 79.9. The molecule has 0 radical (unpaired) electrons. The summed E-state index contributed by atoms with van der Waals surface area (Å²) in [5, 5.41) is 9.21. The van der Waals surface area contributed by atoms with Crippen LogP contribution in [0.1, 0.15) is 17.7 Å². The Labute approximate surface area is 101 Å². The monoisotopic (exact) mass is 287 g/mol. The highest BCUT2D eigenvalue weighted by Gasteiger charge is 2.35. The van der Waals surface area contributed by atoms with Crippen LogP contribution in [0, 0.1) is 11.3 Å². The van der Waals surface area contributed by atoms with E-state index in [9.17, 15) is 5.26 Å². The second-order valence-corrected chi connectivity index (χ2v) is 7.47. The van der Waals surface area contributed by atoms with Crippen molar-refractivity contribution in [1.82, 2.24) is 0 Å². The topological polar surface area (TPSA) is 23.8 Å². The molecular weight excluding hydrogens is 278 g/mol. The van der Waals surface area contributed by atoms with Crippen molar-refractivity contribution in [3.63, 3.8) is 0 Å². The van der Waals surface area contributed by atoms with E-state index in [2.05, 4.69) is 34.1 Å². The van der Waals surface area contributed by atoms with Gasteiger partial charge in [-0.15, -0.1) is 23.1 Å². The fraction of sp³-hybridized carbons (Fsp3) is 0.500. The van der Waals surface area contributed by atoms with E-state index in [4.69, 9.17) is 0 Å². The van der Waals surface area contributed by atoms with Crippen LogP contribution in [0.4, 0.5) is 0 Å². The van der Waals surface area contributed by atoms with Gasteiger partial charge in [0.2, 0.25) is 0 Å². The van der Waals surface area contributed by atoms with Gasteiger partial charge in [-0.2, -0.15) is 5.26 Å². The van der Waals surface area contributed by atoms with Crippen LogP contribution >= 0.6 is 39.0 Å². The summed E-state index contributed by atoms with van der Waals surface area (Å²) in [5.74, 6) is 1.14.